The zero-order chi connectivity index (χ0) is 20.9. The number of hydrogen-bond donors (Lipinski definition) is 1. The van der Waals surface area contributed by atoms with Gasteiger partial charge in [-0.15, -0.1) is 0 Å². The van der Waals surface area contributed by atoms with Crippen molar-refractivity contribution in [2.45, 2.75) is 38.5 Å². The molecule has 0 spiro atoms. The van der Waals surface area contributed by atoms with E-state index in [0.29, 0.717) is 17.7 Å². The molecule has 0 aliphatic rings. The van der Waals surface area contributed by atoms with Crippen molar-refractivity contribution in [3.63, 3.8) is 0 Å². The number of carbonyl (C=O) groups is 1. The fourth-order valence-corrected chi connectivity index (χ4v) is 3.25. The first-order valence-electron chi connectivity index (χ1n) is 9.03. The van der Waals surface area contributed by atoms with Gasteiger partial charge in [-0.1, -0.05) is 47.8 Å². The Morgan fingerprint density at radius 3 is 2.18 bits per heavy atom. The molecule has 0 bridgehead atoms. The molecule has 1 amide bonds. The van der Waals surface area contributed by atoms with Crippen LogP contribution in [0.25, 0.3) is 0 Å². The molecule has 152 valence electrons. The minimum atomic E-state index is -4.44. The summed E-state index contributed by atoms with van der Waals surface area (Å²) in [4.78, 5) is 14.5. The second kappa shape index (κ2) is 9.56. The van der Waals surface area contributed by atoms with E-state index in [9.17, 15) is 23.1 Å². The largest absolute Gasteiger partial charge is 0.416 e. The van der Waals surface area contributed by atoms with E-state index < -0.39 is 23.8 Å². The Hall–Kier alpha value is -1.86. The third kappa shape index (κ3) is 5.58. The first kappa shape index (κ1) is 22.4. The number of rotatable bonds is 7. The minimum absolute atomic E-state index is 0.275. The van der Waals surface area contributed by atoms with Crippen LogP contribution in [0.2, 0.25) is 0 Å². The lowest BCUT2D eigenvalue weighted by molar-refractivity contribution is -0.137. The molecular formula is C21H23BrF3NO2. The van der Waals surface area contributed by atoms with E-state index in [0.717, 1.165) is 29.4 Å². The van der Waals surface area contributed by atoms with Crippen molar-refractivity contribution < 1.29 is 23.1 Å². The van der Waals surface area contributed by atoms with Crippen LogP contribution in [0.3, 0.4) is 0 Å². The normalized spacial score (nSPS) is 13.8. The zero-order valence-corrected chi connectivity index (χ0v) is 17.3. The molecule has 0 aliphatic heterocycles. The maximum absolute atomic E-state index is 13.0. The molecule has 3 nitrogen and oxygen atoms in total. The Balaban J connectivity index is 2.25. The standard InChI is InChI=1S/C21H23BrF3NO2/c1-3-4-5-18(20(28)26(2)17-12-10-16(22)11-13-17)19(27)14-6-8-15(9-7-14)21(23,24)25/h6-13,18-19,27H,3-5H2,1-2H3/t18-,19-/m1/s1. The number of aliphatic hydroxyl groups excluding tert-OH is 1. The highest BCUT2D eigenvalue weighted by atomic mass is 79.9. The van der Waals surface area contributed by atoms with Crippen molar-refractivity contribution in [2.75, 3.05) is 11.9 Å². The molecule has 2 aromatic carbocycles. The summed E-state index contributed by atoms with van der Waals surface area (Å²) in [5.74, 6) is -1.02. The van der Waals surface area contributed by atoms with E-state index in [2.05, 4.69) is 15.9 Å². The molecule has 0 radical (unpaired) electrons. The number of aliphatic hydroxyl groups is 1. The highest BCUT2D eigenvalue weighted by molar-refractivity contribution is 9.10. The lowest BCUT2D eigenvalue weighted by Gasteiger charge is -2.28. The van der Waals surface area contributed by atoms with Crippen LogP contribution in [0, 0.1) is 5.92 Å². The van der Waals surface area contributed by atoms with Gasteiger partial charge in [-0.25, -0.2) is 0 Å². The number of nitrogens with zero attached hydrogens (tertiary/aromatic N) is 1. The van der Waals surface area contributed by atoms with Crippen molar-refractivity contribution >= 4 is 27.5 Å². The number of amides is 1. The molecule has 28 heavy (non-hydrogen) atoms. The van der Waals surface area contributed by atoms with Gasteiger partial charge in [0.25, 0.3) is 0 Å². The van der Waals surface area contributed by atoms with Gasteiger partial charge in [-0.05, 0) is 48.4 Å². The second-order valence-corrected chi connectivity index (χ2v) is 7.60. The number of unbranched alkanes of at least 4 members (excludes halogenated alkanes) is 1. The Morgan fingerprint density at radius 1 is 1.11 bits per heavy atom. The van der Waals surface area contributed by atoms with Gasteiger partial charge >= 0.3 is 6.18 Å². The monoisotopic (exact) mass is 457 g/mol. The molecule has 0 fully saturated rings. The maximum Gasteiger partial charge on any atom is 0.416 e. The van der Waals surface area contributed by atoms with Crippen molar-refractivity contribution in [2.24, 2.45) is 5.92 Å². The number of carbonyl (C=O) groups excluding carboxylic acids is 1. The summed E-state index contributed by atoms with van der Waals surface area (Å²) in [6.45, 7) is 1.98. The van der Waals surface area contributed by atoms with Gasteiger partial charge in [0.05, 0.1) is 17.6 Å². The lowest BCUT2D eigenvalue weighted by atomic mass is 9.89. The van der Waals surface area contributed by atoms with Crippen LogP contribution in [-0.2, 0) is 11.0 Å². The lowest BCUT2D eigenvalue weighted by Crippen LogP contribution is -2.36. The number of hydrogen-bond acceptors (Lipinski definition) is 2. The van der Waals surface area contributed by atoms with Gasteiger partial charge in [0.15, 0.2) is 0 Å². The van der Waals surface area contributed by atoms with Crippen LogP contribution in [0.15, 0.2) is 53.0 Å². The average molecular weight is 458 g/mol. The van der Waals surface area contributed by atoms with E-state index in [4.69, 9.17) is 0 Å². The van der Waals surface area contributed by atoms with Gasteiger partial charge in [-0.3, -0.25) is 4.79 Å². The van der Waals surface area contributed by atoms with Gasteiger partial charge in [0.1, 0.15) is 0 Å². The molecule has 2 rings (SSSR count). The minimum Gasteiger partial charge on any atom is -0.388 e. The van der Waals surface area contributed by atoms with Gasteiger partial charge in [-0.2, -0.15) is 13.2 Å². The number of alkyl halides is 3. The fraction of sp³-hybridized carbons (Fsp3) is 0.381. The summed E-state index contributed by atoms with van der Waals surface area (Å²) < 4.78 is 39.2. The molecule has 2 atom stereocenters. The van der Waals surface area contributed by atoms with E-state index >= 15 is 0 Å². The number of halogens is 4. The summed E-state index contributed by atoms with van der Waals surface area (Å²) >= 11 is 3.34. The van der Waals surface area contributed by atoms with E-state index in [-0.39, 0.29) is 5.91 Å². The van der Waals surface area contributed by atoms with Crippen molar-refractivity contribution in [3.8, 4) is 0 Å². The average Bonchev–Trinajstić information content (AvgIpc) is 2.67. The van der Waals surface area contributed by atoms with Crippen LogP contribution in [0.5, 0.6) is 0 Å². The molecule has 7 heteroatoms. The zero-order valence-electron chi connectivity index (χ0n) is 15.7. The smallest absolute Gasteiger partial charge is 0.388 e. The summed E-state index contributed by atoms with van der Waals surface area (Å²) in [7, 11) is 1.63. The molecule has 0 aliphatic carbocycles. The van der Waals surface area contributed by atoms with Crippen LogP contribution in [-0.4, -0.2) is 18.1 Å². The summed E-state index contributed by atoms with van der Waals surface area (Å²) in [6.07, 6.45) is -3.62. The summed E-state index contributed by atoms with van der Waals surface area (Å²) in [6, 6.07) is 11.5. The van der Waals surface area contributed by atoms with E-state index in [1.54, 1.807) is 19.2 Å². The Kier molecular flexibility index (Phi) is 7.66. The molecule has 0 saturated carbocycles. The highest BCUT2D eigenvalue weighted by Gasteiger charge is 2.33. The SMILES string of the molecule is CCCC[C@@H](C(=O)N(C)c1ccc(Br)cc1)[C@H](O)c1ccc(C(F)(F)F)cc1. The maximum atomic E-state index is 13.0. The fourth-order valence-electron chi connectivity index (χ4n) is 2.98. The Bertz CT molecular complexity index is 776. The van der Waals surface area contributed by atoms with Crippen LogP contribution in [0.4, 0.5) is 18.9 Å². The quantitative estimate of drug-likeness (QED) is 0.556. The van der Waals surface area contributed by atoms with Crippen LogP contribution in [0.1, 0.15) is 43.4 Å². The molecule has 1 N–H and O–H groups in total. The number of anilines is 1. The van der Waals surface area contributed by atoms with Crippen molar-refractivity contribution in [3.05, 3.63) is 64.1 Å². The molecule has 0 heterocycles. The van der Waals surface area contributed by atoms with E-state index in [1.807, 2.05) is 19.1 Å². The van der Waals surface area contributed by atoms with Gasteiger partial charge < -0.3 is 10.0 Å². The van der Waals surface area contributed by atoms with Crippen molar-refractivity contribution in [1.82, 2.24) is 0 Å². The van der Waals surface area contributed by atoms with Crippen LogP contribution >= 0.6 is 15.9 Å². The topological polar surface area (TPSA) is 40.5 Å². The molecule has 0 saturated heterocycles. The molecule has 2 aromatic rings. The van der Waals surface area contributed by atoms with E-state index in [1.165, 1.54) is 17.0 Å². The first-order chi connectivity index (χ1) is 13.1. The second-order valence-electron chi connectivity index (χ2n) is 6.69. The Morgan fingerprint density at radius 2 is 1.68 bits per heavy atom. The van der Waals surface area contributed by atoms with Gasteiger partial charge in [0.2, 0.25) is 5.91 Å². The predicted octanol–water partition coefficient (Wildman–Crippen LogP) is 5.97. The van der Waals surface area contributed by atoms with Gasteiger partial charge in [0, 0.05) is 17.2 Å². The summed E-state index contributed by atoms with van der Waals surface area (Å²) in [5.41, 5.74) is 0.188. The molecule has 0 unspecified atom stereocenters. The third-order valence-corrected chi connectivity index (χ3v) is 5.22. The number of benzene rings is 2. The Labute approximate surface area is 171 Å². The summed E-state index contributed by atoms with van der Waals surface area (Å²) in [5, 5.41) is 10.8. The third-order valence-electron chi connectivity index (χ3n) is 4.69. The molecular weight excluding hydrogens is 435 g/mol. The van der Waals surface area contributed by atoms with Crippen molar-refractivity contribution in [1.29, 1.82) is 0 Å². The van der Waals surface area contributed by atoms with Crippen LogP contribution < -0.4 is 4.90 Å². The highest BCUT2D eigenvalue weighted by Crippen LogP contribution is 2.33. The first-order valence-corrected chi connectivity index (χ1v) is 9.82. The predicted molar refractivity (Wildman–Crippen MR) is 107 cm³/mol. The molecule has 0 aromatic heterocycles.